The normalized spacial score (nSPS) is 13.0. The van der Waals surface area contributed by atoms with E-state index in [0.717, 1.165) is 5.56 Å². The van der Waals surface area contributed by atoms with Gasteiger partial charge in [-0.3, -0.25) is 0 Å². The zero-order valence-electron chi connectivity index (χ0n) is 13.0. The van der Waals surface area contributed by atoms with Crippen molar-refractivity contribution in [2.75, 3.05) is 14.2 Å². The number of nitrogens with two attached hydrogens (primary N) is 1. The number of rotatable bonds is 4. The molecule has 1 aromatic carbocycles. The molecule has 2 aromatic rings. The Hall–Kier alpha value is -2.08. The molecule has 1 atom stereocenters. The minimum absolute atomic E-state index is 0.151. The van der Waals surface area contributed by atoms with Crippen molar-refractivity contribution in [2.45, 2.75) is 26.8 Å². The number of benzene rings is 1. The van der Waals surface area contributed by atoms with Crippen LogP contribution in [0.15, 0.2) is 22.7 Å². The summed E-state index contributed by atoms with van der Waals surface area (Å²) in [6.45, 7) is 6.08. The minimum atomic E-state index is -0.320. The van der Waals surface area contributed by atoms with Crippen LogP contribution < -0.4 is 15.2 Å². The van der Waals surface area contributed by atoms with Crippen LogP contribution in [0.2, 0.25) is 0 Å². The van der Waals surface area contributed by atoms with Gasteiger partial charge in [0.15, 0.2) is 11.5 Å². The van der Waals surface area contributed by atoms with Crippen molar-refractivity contribution in [3.05, 3.63) is 24.1 Å². The summed E-state index contributed by atoms with van der Waals surface area (Å²) in [6, 6.07) is 5.13. The number of ether oxygens (including phenoxy) is 2. The fourth-order valence-corrected chi connectivity index (χ4v) is 1.82. The Bertz CT molecular complexity index is 617. The van der Waals surface area contributed by atoms with Gasteiger partial charge in [-0.05, 0) is 23.6 Å². The summed E-state index contributed by atoms with van der Waals surface area (Å²) in [5, 5.41) is 3.99. The Morgan fingerprint density at radius 1 is 1.14 bits per heavy atom. The van der Waals surface area contributed by atoms with E-state index in [-0.39, 0.29) is 11.5 Å². The lowest BCUT2D eigenvalue weighted by Crippen LogP contribution is -2.26. The van der Waals surface area contributed by atoms with Crippen LogP contribution in [0.3, 0.4) is 0 Å². The van der Waals surface area contributed by atoms with E-state index in [1.54, 1.807) is 26.4 Å². The molecule has 0 fully saturated rings. The van der Waals surface area contributed by atoms with Crippen molar-refractivity contribution < 1.29 is 14.0 Å². The summed E-state index contributed by atoms with van der Waals surface area (Å²) in [7, 11) is 3.17. The Labute approximate surface area is 124 Å². The van der Waals surface area contributed by atoms with Gasteiger partial charge in [0, 0.05) is 5.56 Å². The van der Waals surface area contributed by atoms with E-state index in [1.165, 1.54) is 0 Å². The fraction of sp³-hybridized carbons (Fsp3) is 0.467. The van der Waals surface area contributed by atoms with Crippen molar-refractivity contribution in [3.63, 3.8) is 0 Å². The van der Waals surface area contributed by atoms with Gasteiger partial charge in [-0.15, -0.1) is 0 Å². The molecule has 0 aliphatic carbocycles. The molecule has 0 saturated heterocycles. The number of aromatic nitrogens is 2. The van der Waals surface area contributed by atoms with Gasteiger partial charge >= 0.3 is 0 Å². The molecule has 1 unspecified atom stereocenters. The predicted molar refractivity (Wildman–Crippen MR) is 79.2 cm³/mol. The van der Waals surface area contributed by atoms with Gasteiger partial charge in [-0.25, -0.2) is 0 Å². The monoisotopic (exact) mass is 291 g/mol. The van der Waals surface area contributed by atoms with Crippen molar-refractivity contribution in [3.8, 4) is 22.9 Å². The second-order valence-corrected chi connectivity index (χ2v) is 5.87. The third-order valence-electron chi connectivity index (χ3n) is 3.28. The molecule has 2 N–H and O–H groups in total. The van der Waals surface area contributed by atoms with Gasteiger partial charge in [0.2, 0.25) is 11.7 Å². The third-order valence-corrected chi connectivity index (χ3v) is 3.28. The average molecular weight is 291 g/mol. The maximum atomic E-state index is 6.12. The topological polar surface area (TPSA) is 83.4 Å². The molecule has 0 saturated carbocycles. The molecule has 6 nitrogen and oxygen atoms in total. The van der Waals surface area contributed by atoms with Gasteiger partial charge in [-0.2, -0.15) is 4.98 Å². The predicted octanol–water partition coefficient (Wildman–Crippen LogP) is 2.80. The van der Waals surface area contributed by atoms with E-state index in [9.17, 15) is 0 Å². The van der Waals surface area contributed by atoms with Crippen LogP contribution in [-0.2, 0) is 0 Å². The second kappa shape index (κ2) is 5.73. The standard InChI is InChI=1S/C15H21N3O3/c1-15(2,3)12(16)14-17-13(18-21-14)9-6-7-10(19-4)11(8-9)20-5/h6-8,12H,16H2,1-5H3. The summed E-state index contributed by atoms with van der Waals surface area (Å²) in [6.07, 6.45) is 0. The quantitative estimate of drug-likeness (QED) is 0.932. The van der Waals surface area contributed by atoms with Gasteiger partial charge < -0.3 is 19.7 Å². The molecule has 1 aromatic heterocycles. The smallest absolute Gasteiger partial charge is 0.244 e. The van der Waals surface area contributed by atoms with Gasteiger partial charge in [0.1, 0.15) is 0 Å². The van der Waals surface area contributed by atoms with E-state index in [4.69, 9.17) is 19.7 Å². The molecule has 0 amide bonds. The number of hydrogen-bond donors (Lipinski definition) is 1. The van der Waals surface area contributed by atoms with Crippen LogP contribution in [0.1, 0.15) is 32.7 Å². The molecule has 0 radical (unpaired) electrons. The molecule has 114 valence electrons. The molecule has 2 rings (SSSR count). The lowest BCUT2D eigenvalue weighted by Gasteiger charge is -2.23. The van der Waals surface area contributed by atoms with Crippen LogP contribution in [0, 0.1) is 5.41 Å². The molecular weight excluding hydrogens is 270 g/mol. The highest BCUT2D eigenvalue weighted by Crippen LogP contribution is 2.33. The molecule has 1 heterocycles. The van der Waals surface area contributed by atoms with Crippen LogP contribution in [0.4, 0.5) is 0 Å². The molecule has 0 aliphatic heterocycles. The summed E-state index contributed by atoms with van der Waals surface area (Å²) in [5.41, 5.74) is 6.75. The Morgan fingerprint density at radius 3 is 2.38 bits per heavy atom. The van der Waals surface area contributed by atoms with E-state index < -0.39 is 0 Å². The van der Waals surface area contributed by atoms with Crippen molar-refractivity contribution in [1.82, 2.24) is 10.1 Å². The zero-order valence-corrected chi connectivity index (χ0v) is 13.0. The molecule has 0 spiro atoms. The molecule has 0 aliphatic rings. The lowest BCUT2D eigenvalue weighted by molar-refractivity contribution is 0.253. The van der Waals surface area contributed by atoms with Gasteiger partial charge in [0.25, 0.3) is 0 Å². The third kappa shape index (κ3) is 3.16. The summed E-state index contributed by atoms with van der Waals surface area (Å²) >= 11 is 0. The Kier molecular flexibility index (Phi) is 4.18. The molecular formula is C15H21N3O3. The van der Waals surface area contributed by atoms with Crippen molar-refractivity contribution in [1.29, 1.82) is 0 Å². The number of nitrogens with zero attached hydrogens (tertiary/aromatic N) is 2. The summed E-state index contributed by atoms with van der Waals surface area (Å²) in [5.74, 6) is 2.16. The van der Waals surface area contributed by atoms with E-state index in [0.29, 0.717) is 23.2 Å². The molecule has 21 heavy (non-hydrogen) atoms. The van der Waals surface area contributed by atoms with Crippen molar-refractivity contribution >= 4 is 0 Å². The first-order valence-corrected chi connectivity index (χ1v) is 6.68. The van der Waals surface area contributed by atoms with Gasteiger partial charge in [0.05, 0.1) is 20.3 Å². The highest BCUT2D eigenvalue weighted by molar-refractivity contribution is 5.60. The average Bonchev–Trinajstić information content (AvgIpc) is 2.94. The van der Waals surface area contributed by atoms with E-state index in [1.807, 2.05) is 26.8 Å². The minimum Gasteiger partial charge on any atom is -0.493 e. The summed E-state index contributed by atoms with van der Waals surface area (Å²) < 4.78 is 15.8. The van der Waals surface area contributed by atoms with Crippen LogP contribution >= 0.6 is 0 Å². The molecule has 0 bridgehead atoms. The largest absolute Gasteiger partial charge is 0.493 e. The van der Waals surface area contributed by atoms with Gasteiger partial charge in [-0.1, -0.05) is 25.9 Å². The first kappa shape index (κ1) is 15.3. The Morgan fingerprint density at radius 2 is 1.81 bits per heavy atom. The van der Waals surface area contributed by atoms with E-state index >= 15 is 0 Å². The first-order valence-electron chi connectivity index (χ1n) is 6.68. The number of methoxy groups -OCH3 is 2. The highest BCUT2D eigenvalue weighted by Gasteiger charge is 2.27. The molecule has 6 heteroatoms. The fourth-order valence-electron chi connectivity index (χ4n) is 1.82. The van der Waals surface area contributed by atoms with E-state index in [2.05, 4.69) is 10.1 Å². The SMILES string of the molecule is COc1ccc(-c2noc(C(N)C(C)(C)C)n2)cc1OC. The van der Waals surface area contributed by atoms with Crippen LogP contribution in [0.5, 0.6) is 11.5 Å². The Balaban J connectivity index is 2.34. The first-order chi connectivity index (χ1) is 9.86. The maximum Gasteiger partial charge on any atom is 0.244 e. The summed E-state index contributed by atoms with van der Waals surface area (Å²) in [4.78, 5) is 4.38. The maximum absolute atomic E-state index is 6.12. The van der Waals surface area contributed by atoms with Crippen molar-refractivity contribution in [2.24, 2.45) is 11.1 Å². The zero-order chi connectivity index (χ0) is 15.6. The van der Waals surface area contributed by atoms with Crippen LogP contribution in [-0.4, -0.2) is 24.4 Å². The van der Waals surface area contributed by atoms with Crippen LogP contribution in [0.25, 0.3) is 11.4 Å². The highest BCUT2D eigenvalue weighted by atomic mass is 16.5. The number of hydrogen-bond acceptors (Lipinski definition) is 6. The second-order valence-electron chi connectivity index (χ2n) is 5.87. The lowest BCUT2D eigenvalue weighted by atomic mass is 9.87.